The summed E-state index contributed by atoms with van der Waals surface area (Å²) in [7, 11) is 0. The molecule has 1 aliphatic rings. The van der Waals surface area contributed by atoms with E-state index in [2.05, 4.69) is 15.9 Å². The van der Waals surface area contributed by atoms with E-state index in [4.69, 9.17) is 10.5 Å². The number of halogens is 2. The molecule has 2 N–H and O–H groups in total. The molecule has 1 aliphatic heterocycles. The summed E-state index contributed by atoms with van der Waals surface area (Å²) in [6.45, 7) is 4.36. The third-order valence-electron chi connectivity index (χ3n) is 3.75. The molecule has 1 heterocycles. The van der Waals surface area contributed by atoms with E-state index >= 15 is 0 Å². The predicted molar refractivity (Wildman–Crippen MR) is 82.6 cm³/mol. The second-order valence-corrected chi connectivity index (χ2v) is 6.35. The molecule has 1 aromatic rings. The second-order valence-electron chi connectivity index (χ2n) is 5.50. The van der Waals surface area contributed by atoms with E-state index in [1.54, 1.807) is 6.92 Å². The highest BCUT2D eigenvalue weighted by Crippen LogP contribution is 2.27. The molecular formula is C15H20BrFN2O2. The summed E-state index contributed by atoms with van der Waals surface area (Å²) in [6.07, 6.45) is 0.991. The first-order valence-corrected chi connectivity index (χ1v) is 7.85. The van der Waals surface area contributed by atoms with E-state index in [1.807, 2.05) is 11.8 Å². The number of hydrogen-bond acceptors (Lipinski definition) is 3. The molecule has 4 nitrogen and oxygen atoms in total. The van der Waals surface area contributed by atoms with Gasteiger partial charge in [-0.1, -0.05) is 0 Å². The Bertz CT molecular complexity index is 526. The maximum absolute atomic E-state index is 13.0. The fourth-order valence-electron chi connectivity index (χ4n) is 2.58. The van der Waals surface area contributed by atoms with Crippen LogP contribution in [0.2, 0.25) is 0 Å². The van der Waals surface area contributed by atoms with Gasteiger partial charge in [0.05, 0.1) is 4.47 Å². The molecule has 0 spiro atoms. The summed E-state index contributed by atoms with van der Waals surface area (Å²) >= 11 is 3.23. The van der Waals surface area contributed by atoms with Crippen molar-refractivity contribution in [3.63, 3.8) is 0 Å². The molecule has 1 saturated heterocycles. The summed E-state index contributed by atoms with van der Waals surface area (Å²) in [5.74, 6) is 0.0380. The van der Waals surface area contributed by atoms with Crippen molar-refractivity contribution < 1.29 is 13.9 Å². The van der Waals surface area contributed by atoms with E-state index in [1.165, 1.54) is 18.2 Å². The van der Waals surface area contributed by atoms with Gasteiger partial charge in [-0.25, -0.2) is 4.39 Å². The number of carbonyl (C=O) groups excluding carboxylic acids is 1. The fraction of sp³-hybridized carbons (Fsp3) is 0.533. The number of hydrogen-bond donors (Lipinski definition) is 1. The van der Waals surface area contributed by atoms with Gasteiger partial charge in [0.25, 0.3) is 5.91 Å². The lowest BCUT2D eigenvalue weighted by Crippen LogP contribution is -2.51. The van der Waals surface area contributed by atoms with E-state index < -0.39 is 6.10 Å². The summed E-state index contributed by atoms with van der Waals surface area (Å²) in [5, 5.41) is 0. The normalized spacial score (nSPS) is 23.8. The van der Waals surface area contributed by atoms with E-state index in [9.17, 15) is 9.18 Å². The first-order valence-electron chi connectivity index (χ1n) is 7.06. The number of likely N-dealkylation sites (tertiary alicyclic amines) is 1. The van der Waals surface area contributed by atoms with Crippen LogP contribution in [0.15, 0.2) is 22.7 Å². The third-order valence-corrected chi connectivity index (χ3v) is 4.36. The zero-order valence-electron chi connectivity index (χ0n) is 12.2. The minimum atomic E-state index is -0.622. The molecule has 21 heavy (non-hydrogen) atoms. The minimum absolute atomic E-state index is 0.0642. The molecule has 0 bridgehead atoms. The lowest BCUT2D eigenvalue weighted by Gasteiger charge is -2.37. The van der Waals surface area contributed by atoms with Crippen LogP contribution >= 0.6 is 15.9 Å². The predicted octanol–water partition coefficient (Wildman–Crippen LogP) is 2.69. The monoisotopic (exact) mass is 358 g/mol. The molecular weight excluding hydrogens is 339 g/mol. The number of benzene rings is 1. The van der Waals surface area contributed by atoms with Gasteiger partial charge in [-0.2, -0.15) is 0 Å². The van der Waals surface area contributed by atoms with E-state index in [-0.39, 0.29) is 23.8 Å². The Morgan fingerprint density at radius 1 is 1.57 bits per heavy atom. The van der Waals surface area contributed by atoms with Crippen molar-refractivity contribution in [2.24, 2.45) is 5.73 Å². The van der Waals surface area contributed by atoms with Gasteiger partial charge in [-0.15, -0.1) is 0 Å². The van der Waals surface area contributed by atoms with Gasteiger partial charge in [0.15, 0.2) is 6.10 Å². The lowest BCUT2D eigenvalue weighted by atomic mass is 9.98. The van der Waals surface area contributed by atoms with Crippen LogP contribution in [0.1, 0.15) is 26.7 Å². The maximum atomic E-state index is 13.0. The molecule has 0 unspecified atom stereocenters. The molecule has 0 aliphatic carbocycles. The summed E-state index contributed by atoms with van der Waals surface area (Å²) < 4.78 is 19.2. The van der Waals surface area contributed by atoms with Crippen LogP contribution in [-0.2, 0) is 4.79 Å². The molecule has 1 fully saturated rings. The van der Waals surface area contributed by atoms with Gasteiger partial charge in [-0.3, -0.25) is 4.79 Å². The number of piperidine rings is 1. The summed E-state index contributed by atoms with van der Waals surface area (Å²) in [4.78, 5) is 14.3. The second kappa shape index (κ2) is 6.75. The van der Waals surface area contributed by atoms with Crippen molar-refractivity contribution in [1.29, 1.82) is 0 Å². The van der Waals surface area contributed by atoms with Crippen molar-refractivity contribution in [3.05, 3.63) is 28.5 Å². The molecule has 3 atom stereocenters. The van der Waals surface area contributed by atoms with Crippen LogP contribution in [0.25, 0.3) is 0 Å². The Morgan fingerprint density at radius 2 is 2.29 bits per heavy atom. The largest absolute Gasteiger partial charge is 0.480 e. The lowest BCUT2D eigenvalue weighted by molar-refractivity contribution is -0.141. The van der Waals surface area contributed by atoms with Gasteiger partial charge >= 0.3 is 0 Å². The molecule has 1 aromatic carbocycles. The number of nitrogens with two attached hydrogens (primary N) is 1. The average molecular weight is 359 g/mol. The van der Waals surface area contributed by atoms with Crippen LogP contribution in [0, 0.1) is 5.82 Å². The van der Waals surface area contributed by atoms with Crippen molar-refractivity contribution in [2.45, 2.75) is 44.9 Å². The van der Waals surface area contributed by atoms with Gasteiger partial charge in [0.1, 0.15) is 11.6 Å². The van der Waals surface area contributed by atoms with Gasteiger partial charge in [0, 0.05) is 18.6 Å². The van der Waals surface area contributed by atoms with Crippen molar-refractivity contribution in [3.8, 4) is 5.75 Å². The van der Waals surface area contributed by atoms with E-state index in [0.29, 0.717) is 16.8 Å². The quantitative estimate of drug-likeness (QED) is 0.903. The van der Waals surface area contributed by atoms with Crippen LogP contribution in [0.3, 0.4) is 0 Å². The van der Waals surface area contributed by atoms with Crippen LogP contribution < -0.4 is 10.5 Å². The smallest absolute Gasteiger partial charge is 0.263 e. The topological polar surface area (TPSA) is 55.6 Å². The van der Waals surface area contributed by atoms with E-state index in [0.717, 1.165) is 12.8 Å². The molecule has 2 rings (SSSR count). The Kier molecular flexibility index (Phi) is 5.22. The van der Waals surface area contributed by atoms with Gasteiger partial charge < -0.3 is 15.4 Å². The molecule has 0 saturated carbocycles. The highest BCUT2D eigenvalue weighted by atomic mass is 79.9. The van der Waals surface area contributed by atoms with Crippen LogP contribution in [-0.4, -0.2) is 35.5 Å². The Hall–Kier alpha value is -1.14. The number of carbonyl (C=O) groups is 1. The number of rotatable bonds is 3. The van der Waals surface area contributed by atoms with Crippen LogP contribution in [0.4, 0.5) is 4.39 Å². The highest BCUT2D eigenvalue weighted by Gasteiger charge is 2.30. The Balaban J connectivity index is 2.02. The molecule has 0 radical (unpaired) electrons. The SMILES string of the molecule is C[C@H](Oc1ccc(F)cc1Br)C(=O)N1CC[C@H](N)C[C@H]1C. The minimum Gasteiger partial charge on any atom is -0.480 e. The first kappa shape index (κ1) is 16.2. The van der Waals surface area contributed by atoms with Crippen molar-refractivity contribution in [2.75, 3.05) is 6.54 Å². The molecule has 116 valence electrons. The zero-order valence-corrected chi connectivity index (χ0v) is 13.8. The van der Waals surface area contributed by atoms with Gasteiger partial charge in [0.2, 0.25) is 0 Å². The molecule has 1 amide bonds. The molecule has 6 heteroatoms. The average Bonchev–Trinajstić information content (AvgIpc) is 2.41. The Morgan fingerprint density at radius 3 is 2.90 bits per heavy atom. The summed E-state index contributed by atoms with van der Waals surface area (Å²) in [6, 6.07) is 4.41. The summed E-state index contributed by atoms with van der Waals surface area (Å²) in [5.41, 5.74) is 5.91. The fourth-order valence-corrected chi connectivity index (χ4v) is 3.03. The third kappa shape index (κ3) is 3.95. The number of nitrogens with zero attached hydrogens (tertiary/aromatic N) is 1. The number of amides is 1. The van der Waals surface area contributed by atoms with Crippen LogP contribution in [0.5, 0.6) is 5.75 Å². The molecule has 0 aromatic heterocycles. The van der Waals surface area contributed by atoms with Gasteiger partial charge in [-0.05, 0) is 60.8 Å². The van der Waals surface area contributed by atoms with Crippen molar-refractivity contribution >= 4 is 21.8 Å². The highest BCUT2D eigenvalue weighted by molar-refractivity contribution is 9.10. The number of ether oxygens (including phenoxy) is 1. The zero-order chi connectivity index (χ0) is 15.6. The maximum Gasteiger partial charge on any atom is 0.263 e. The Labute approximate surface area is 132 Å². The van der Waals surface area contributed by atoms with Crippen molar-refractivity contribution in [1.82, 2.24) is 4.90 Å². The first-order chi connectivity index (χ1) is 9.88. The standard InChI is InChI=1S/C15H20BrFN2O2/c1-9-7-12(18)5-6-19(9)15(20)10(2)21-14-4-3-11(17)8-13(14)16/h3-4,8-10,12H,5-7,18H2,1-2H3/t9-,10+,12+/m1/s1.